The van der Waals surface area contributed by atoms with Crippen LogP contribution in [0.2, 0.25) is 0 Å². The van der Waals surface area contributed by atoms with Crippen molar-refractivity contribution < 1.29 is 9.53 Å². The molecular formula is C16H17BrN2O2. The smallest absolute Gasteiger partial charge is 0.277 e. The lowest BCUT2D eigenvalue weighted by Crippen LogP contribution is -2.24. The fourth-order valence-electron chi connectivity index (χ4n) is 1.78. The molecule has 5 heteroatoms. The molecule has 0 aliphatic rings. The Morgan fingerprint density at radius 1 is 1.29 bits per heavy atom. The van der Waals surface area contributed by atoms with Gasteiger partial charge in [0, 0.05) is 10.7 Å². The normalized spacial score (nSPS) is 11.0. The van der Waals surface area contributed by atoms with Crippen molar-refractivity contribution in [1.29, 1.82) is 0 Å². The van der Waals surface area contributed by atoms with E-state index in [9.17, 15) is 4.79 Å². The molecule has 1 N–H and O–H groups in total. The van der Waals surface area contributed by atoms with Gasteiger partial charge in [-0.05, 0) is 41.5 Å². The molecule has 1 amide bonds. The lowest BCUT2D eigenvalue weighted by molar-refractivity contribution is -0.123. The number of amides is 1. The Bertz CT molecular complexity index is 656. The first kappa shape index (κ1) is 15.5. The fourth-order valence-corrected chi connectivity index (χ4v) is 2.16. The zero-order chi connectivity index (χ0) is 15.1. The molecule has 2 rings (SSSR count). The van der Waals surface area contributed by atoms with E-state index in [1.54, 1.807) is 6.21 Å². The Morgan fingerprint density at radius 3 is 2.86 bits per heavy atom. The average Bonchev–Trinajstić information content (AvgIpc) is 2.49. The van der Waals surface area contributed by atoms with E-state index in [-0.39, 0.29) is 12.5 Å². The summed E-state index contributed by atoms with van der Waals surface area (Å²) in [7, 11) is 0. The molecule has 0 saturated heterocycles. The standard InChI is InChI=1S/C16H17BrN2O2/c1-2-3-8-18-19-16(20)11-21-15-7-5-12-9-14(17)6-4-13(12)10-15/h4-10H,2-3,11H2,1H3,(H,19,20)/b18-8+. The highest BCUT2D eigenvalue weighted by Gasteiger charge is 2.02. The number of hydrogen-bond acceptors (Lipinski definition) is 3. The van der Waals surface area contributed by atoms with Crippen molar-refractivity contribution in [1.82, 2.24) is 5.43 Å². The molecule has 21 heavy (non-hydrogen) atoms. The lowest BCUT2D eigenvalue weighted by Gasteiger charge is -2.06. The van der Waals surface area contributed by atoms with Crippen molar-refractivity contribution in [3.05, 3.63) is 40.9 Å². The van der Waals surface area contributed by atoms with E-state index in [0.717, 1.165) is 28.1 Å². The van der Waals surface area contributed by atoms with Gasteiger partial charge in [0.1, 0.15) is 5.75 Å². The third kappa shape index (κ3) is 4.86. The van der Waals surface area contributed by atoms with Crippen molar-refractivity contribution in [2.24, 2.45) is 5.10 Å². The van der Waals surface area contributed by atoms with Gasteiger partial charge in [0.2, 0.25) is 0 Å². The van der Waals surface area contributed by atoms with E-state index in [2.05, 4.69) is 33.4 Å². The molecule has 0 atom stereocenters. The second-order valence-electron chi connectivity index (χ2n) is 4.58. The average molecular weight is 349 g/mol. The molecule has 0 saturated carbocycles. The van der Waals surface area contributed by atoms with E-state index in [1.165, 1.54) is 0 Å². The number of halogens is 1. The van der Waals surface area contributed by atoms with Crippen molar-refractivity contribution in [3.63, 3.8) is 0 Å². The van der Waals surface area contributed by atoms with Gasteiger partial charge in [-0.3, -0.25) is 4.79 Å². The van der Waals surface area contributed by atoms with Gasteiger partial charge in [-0.1, -0.05) is 41.4 Å². The van der Waals surface area contributed by atoms with Gasteiger partial charge >= 0.3 is 0 Å². The maximum absolute atomic E-state index is 11.5. The second-order valence-corrected chi connectivity index (χ2v) is 5.49. The summed E-state index contributed by atoms with van der Waals surface area (Å²) < 4.78 is 6.50. The number of carbonyl (C=O) groups excluding carboxylic acids is 1. The number of ether oxygens (including phenoxy) is 1. The topological polar surface area (TPSA) is 50.7 Å². The number of unbranched alkanes of at least 4 members (excludes halogenated alkanes) is 1. The van der Waals surface area contributed by atoms with Gasteiger partial charge in [0.15, 0.2) is 6.61 Å². The van der Waals surface area contributed by atoms with E-state index in [4.69, 9.17) is 4.74 Å². The molecular weight excluding hydrogens is 332 g/mol. The molecule has 0 bridgehead atoms. The number of nitrogens with zero attached hydrogens (tertiary/aromatic N) is 1. The first-order valence-electron chi connectivity index (χ1n) is 6.81. The largest absolute Gasteiger partial charge is 0.484 e. The predicted molar refractivity (Wildman–Crippen MR) is 88.7 cm³/mol. The van der Waals surface area contributed by atoms with E-state index >= 15 is 0 Å². The first-order chi connectivity index (χ1) is 10.2. The Kier molecular flexibility index (Phi) is 5.75. The highest BCUT2D eigenvalue weighted by molar-refractivity contribution is 9.10. The summed E-state index contributed by atoms with van der Waals surface area (Å²) in [5.41, 5.74) is 2.43. The van der Waals surface area contributed by atoms with Crippen LogP contribution in [0, 0.1) is 0 Å². The van der Waals surface area contributed by atoms with Gasteiger partial charge in [-0.2, -0.15) is 5.10 Å². The highest BCUT2D eigenvalue weighted by Crippen LogP contribution is 2.23. The monoisotopic (exact) mass is 348 g/mol. The molecule has 2 aromatic rings. The van der Waals surface area contributed by atoms with Gasteiger partial charge in [0.25, 0.3) is 5.91 Å². The van der Waals surface area contributed by atoms with Crippen LogP contribution in [-0.2, 0) is 4.79 Å². The molecule has 2 aromatic carbocycles. The minimum Gasteiger partial charge on any atom is -0.484 e. The van der Waals surface area contributed by atoms with Crippen LogP contribution in [0.1, 0.15) is 19.8 Å². The van der Waals surface area contributed by atoms with E-state index in [1.807, 2.05) is 36.4 Å². The van der Waals surface area contributed by atoms with E-state index < -0.39 is 0 Å². The number of carbonyl (C=O) groups is 1. The Labute approximate surface area is 132 Å². The zero-order valence-corrected chi connectivity index (χ0v) is 13.4. The third-order valence-corrected chi connectivity index (χ3v) is 3.34. The molecule has 0 spiro atoms. The number of rotatable bonds is 6. The van der Waals surface area contributed by atoms with Gasteiger partial charge in [-0.15, -0.1) is 0 Å². The summed E-state index contributed by atoms with van der Waals surface area (Å²) in [6, 6.07) is 11.7. The van der Waals surface area contributed by atoms with Crippen LogP contribution >= 0.6 is 15.9 Å². The molecule has 0 radical (unpaired) electrons. The van der Waals surface area contributed by atoms with Crippen molar-refractivity contribution in [3.8, 4) is 5.75 Å². The number of hydrazone groups is 1. The number of benzene rings is 2. The molecule has 0 aliphatic carbocycles. The quantitative estimate of drug-likeness (QED) is 0.636. The molecule has 0 heterocycles. The predicted octanol–water partition coefficient (Wildman–Crippen LogP) is 3.88. The Balaban J connectivity index is 1.91. The summed E-state index contributed by atoms with van der Waals surface area (Å²) >= 11 is 3.44. The van der Waals surface area contributed by atoms with Crippen molar-refractivity contribution in [2.45, 2.75) is 19.8 Å². The van der Waals surface area contributed by atoms with Crippen LogP contribution in [0.5, 0.6) is 5.75 Å². The molecule has 0 fully saturated rings. The van der Waals surface area contributed by atoms with Crippen molar-refractivity contribution >= 4 is 38.8 Å². The first-order valence-corrected chi connectivity index (χ1v) is 7.61. The molecule has 0 aromatic heterocycles. The van der Waals surface area contributed by atoms with Crippen LogP contribution in [0.15, 0.2) is 46.0 Å². The molecule has 4 nitrogen and oxygen atoms in total. The summed E-state index contributed by atoms with van der Waals surface area (Å²) in [6.45, 7) is 2.00. The van der Waals surface area contributed by atoms with Crippen LogP contribution in [0.25, 0.3) is 10.8 Å². The van der Waals surface area contributed by atoms with Gasteiger partial charge < -0.3 is 4.74 Å². The Hall–Kier alpha value is -1.88. The zero-order valence-electron chi connectivity index (χ0n) is 11.8. The molecule has 0 aliphatic heterocycles. The third-order valence-electron chi connectivity index (χ3n) is 2.84. The Morgan fingerprint density at radius 2 is 2.05 bits per heavy atom. The van der Waals surface area contributed by atoms with Crippen LogP contribution < -0.4 is 10.2 Å². The molecule has 0 unspecified atom stereocenters. The maximum atomic E-state index is 11.5. The van der Waals surface area contributed by atoms with Crippen LogP contribution in [-0.4, -0.2) is 18.7 Å². The summed E-state index contributed by atoms with van der Waals surface area (Å²) in [5.74, 6) is 0.399. The fraction of sp³-hybridized carbons (Fsp3) is 0.250. The van der Waals surface area contributed by atoms with Gasteiger partial charge in [0.05, 0.1) is 0 Å². The SMILES string of the molecule is CCC/C=N/NC(=O)COc1ccc2cc(Br)ccc2c1. The minimum atomic E-state index is -0.266. The van der Waals surface area contributed by atoms with Crippen LogP contribution in [0.3, 0.4) is 0 Å². The number of fused-ring (bicyclic) bond motifs is 1. The van der Waals surface area contributed by atoms with Gasteiger partial charge in [-0.25, -0.2) is 5.43 Å². The second kappa shape index (κ2) is 7.78. The number of hydrogen-bond donors (Lipinski definition) is 1. The van der Waals surface area contributed by atoms with Crippen LogP contribution in [0.4, 0.5) is 0 Å². The number of nitrogens with one attached hydrogen (secondary N) is 1. The summed E-state index contributed by atoms with van der Waals surface area (Å²) in [5, 5.41) is 6.01. The molecule has 110 valence electrons. The van der Waals surface area contributed by atoms with Crippen molar-refractivity contribution in [2.75, 3.05) is 6.61 Å². The lowest BCUT2D eigenvalue weighted by atomic mass is 10.1. The highest BCUT2D eigenvalue weighted by atomic mass is 79.9. The van der Waals surface area contributed by atoms with E-state index in [0.29, 0.717) is 5.75 Å². The summed E-state index contributed by atoms with van der Waals surface area (Å²) in [4.78, 5) is 11.5. The summed E-state index contributed by atoms with van der Waals surface area (Å²) in [6.07, 6.45) is 3.54. The maximum Gasteiger partial charge on any atom is 0.277 e. The minimum absolute atomic E-state index is 0.0501.